The summed E-state index contributed by atoms with van der Waals surface area (Å²) in [7, 11) is 1.57. The number of anilines is 2. The number of amides is 3. The van der Waals surface area contributed by atoms with Gasteiger partial charge in [-0.25, -0.2) is 4.79 Å². The number of hydrogen-bond acceptors (Lipinski definition) is 4. The lowest BCUT2D eigenvalue weighted by molar-refractivity contribution is -0.125. The molecule has 1 saturated heterocycles. The molecular weight excluding hydrogens is 274 g/mol. The molecule has 21 heavy (non-hydrogen) atoms. The van der Waals surface area contributed by atoms with E-state index in [0.717, 1.165) is 5.69 Å². The van der Waals surface area contributed by atoms with Gasteiger partial charge in [0.05, 0.1) is 13.2 Å². The quantitative estimate of drug-likeness (QED) is 0.788. The van der Waals surface area contributed by atoms with Crippen LogP contribution >= 0.6 is 0 Å². The molecule has 7 nitrogen and oxygen atoms in total. The van der Waals surface area contributed by atoms with Gasteiger partial charge >= 0.3 is 6.03 Å². The third-order valence-corrected chi connectivity index (χ3v) is 3.01. The van der Waals surface area contributed by atoms with E-state index in [0.29, 0.717) is 32.0 Å². The summed E-state index contributed by atoms with van der Waals surface area (Å²) >= 11 is 0. The van der Waals surface area contributed by atoms with E-state index in [1.54, 1.807) is 36.3 Å². The number of urea groups is 1. The minimum atomic E-state index is -0.290. The first-order valence-electron chi connectivity index (χ1n) is 6.72. The van der Waals surface area contributed by atoms with Crippen LogP contribution in [0.2, 0.25) is 0 Å². The molecule has 0 spiro atoms. The third-order valence-electron chi connectivity index (χ3n) is 3.01. The summed E-state index contributed by atoms with van der Waals surface area (Å²) in [6.45, 7) is 2.10. The number of benzene rings is 1. The Labute approximate surface area is 123 Å². The summed E-state index contributed by atoms with van der Waals surface area (Å²) in [5, 5.41) is 5.37. The maximum absolute atomic E-state index is 11.7. The molecule has 1 aromatic rings. The lowest BCUT2D eigenvalue weighted by Gasteiger charge is -2.26. The van der Waals surface area contributed by atoms with Crippen LogP contribution in [-0.4, -0.2) is 52.0 Å². The molecule has 1 aliphatic rings. The Kier molecular flexibility index (Phi) is 5.53. The minimum absolute atomic E-state index is 0.0562. The Hall–Kier alpha value is -2.12. The van der Waals surface area contributed by atoms with Crippen LogP contribution in [0.4, 0.5) is 16.2 Å². The molecule has 0 bridgehead atoms. The number of morpholine rings is 1. The van der Waals surface area contributed by atoms with Crippen molar-refractivity contribution in [2.24, 2.45) is 0 Å². The highest BCUT2D eigenvalue weighted by Crippen LogP contribution is 2.19. The molecule has 3 amide bonds. The summed E-state index contributed by atoms with van der Waals surface area (Å²) in [6, 6.07) is 6.83. The molecular formula is C14H19N3O4. The molecule has 114 valence electrons. The molecule has 1 aromatic carbocycles. The minimum Gasteiger partial charge on any atom is -0.383 e. The zero-order valence-electron chi connectivity index (χ0n) is 11.9. The van der Waals surface area contributed by atoms with Gasteiger partial charge in [0.25, 0.3) is 5.91 Å². The van der Waals surface area contributed by atoms with Crippen LogP contribution < -0.4 is 15.5 Å². The highest BCUT2D eigenvalue weighted by Gasteiger charge is 2.19. The maximum Gasteiger partial charge on any atom is 0.319 e. The molecule has 0 aromatic heterocycles. The summed E-state index contributed by atoms with van der Waals surface area (Å²) in [5.74, 6) is -0.0562. The molecule has 0 radical (unpaired) electrons. The van der Waals surface area contributed by atoms with Crippen LogP contribution in [-0.2, 0) is 14.3 Å². The lowest BCUT2D eigenvalue weighted by atomic mass is 10.2. The van der Waals surface area contributed by atoms with Crippen molar-refractivity contribution in [1.29, 1.82) is 0 Å². The summed E-state index contributed by atoms with van der Waals surface area (Å²) < 4.78 is 9.94. The number of methoxy groups -OCH3 is 1. The fourth-order valence-electron chi connectivity index (χ4n) is 1.96. The Morgan fingerprint density at radius 3 is 2.81 bits per heavy atom. The number of carbonyl (C=O) groups excluding carboxylic acids is 2. The molecule has 1 aliphatic heterocycles. The van der Waals surface area contributed by atoms with Gasteiger partial charge in [-0.15, -0.1) is 0 Å². The largest absolute Gasteiger partial charge is 0.383 e. The number of ether oxygens (including phenoxy) is 2. The molecule has 2 N–H and O–H groups in total. The first kappa shape index (κ1) is 15.3. The van der Waals surface area contributed by atoms with E-state index < -0.39 is 0 Å². The van der Waals surface area contributed by atoms with Gasteiger partial charge in [-0.2, -0.15) is 0 Å². The highest BCUT2D eigenvalue weighted by molar-refractivity contribution is 5.95. The standard InChI is InChI=1S/C14H19N3O4/c1-20-8-6-15-14(19)16-11-2-4-12(5-3-11)17-7-9-21-10-13(17)18/h2-5H,6-10H2,1H3,(H2,15,16,19). The predicted molar refractivity (Wildman–Crippen MR) is 78.5 cm³/mol. The maximum atomic E-state index is 11.7. The molecule has 2 rings (SSSR count). The van der Waals surface area contributed by atoms with Crippen LogP contribution in [0.25, 0.3) is 0 Å². The first-order chi connectivity index (χ1) is 10.2. The topological polar surface area (TPSA) is 79.9 Å². The van der Waals surface area contributed by atoms with Crippen molar-refractivity contribution in [1.82, 2.24) is 5.32 Å². The van der Waals surface area contributed by atoms with Gasteiger partial charge in [0.2, 0.25) is 0 Å². The normalized spacial score (nSPS) is 14.9. The number of carbonyl (C=O) groups is 2. The second-order valence-corrected chi connectivity index (χ2v) is 4.52. The Balaban J connectivity index is 1.89. The van der Waals surface area contributed by atoms with Crippen LogP contribution in [0.5, 0.6) is 0 Å². The van der Waals surface area contributed by atoms with Gasteiger partial charge in [0.1, 0.15) is 6.61 Å². The SMILES string of the molecule is COCCNC(=O)Nc1ccc(N2CCOCC2=O)cc1. The van der Waals surface area contributed by atoms with Crippen LogP contribution in [0.15, 0.2) is 24.3 Å². The monoisotopic (exact) mass is 293 g/mol. The highest BCUT2D eigenvalue weighted by atomic mass is 16.5. The number of rotatable bonds is 5. The number of nitrogens with one attached hydrogen (secondary N) is 2. The second kappa shape index (κ2) is 7.61. The van der Waals surface area contributed by atoms with E-state index in [9.17, 15) is 9.59 Å². The van der Waals surface area contributed by atoms with E-state index >= 15 is 0 Å². The number of hydrogen-bond donors (Lipinski definition) is 2. The number of nitrogens with zero attached hydrogens (tertiary/aromatic N) is 1. The lowest BCUT2D eigenvalue weighted by Crippen LogP contribution is -2.41. The van der Waals surface area contributed by atoms with Crippen molar-refractivity contribution in [3.05, 3.63) is 24.3 Å². The van der Waals surface area contributed by atoms with Gasteiger partial charge in [0, 0.05) is 31.6 Å². The summed E-state index contributed by atoms with van der Waals surface area (Å²) in [4.78, 5) is 25.0. The van der Waals surface area contributed by atoms with E-state index in [2.05, 4.69) is 10.6 Å². The van der Waals surface area contributed by atoms with Crippen molar-refractivity contribution < 1.29 is 19.1 Å². The van der Waals surface area contributed by atoms with Crippen molar-refractivity contribution in [2.75, 3.05) is 50.2 Å². The predicted octanol–water partition coefficient (Wildman–Crippen LogP) is 0.818. The summed E-state index contributed by atoms with van der Waals surface area (Å²) in [6.07, 6.45) is 0. The van der Waals surface area contributed by atoms with Crippen LogP contribution in [0, 0.1) is 0 Å². The Morgan fingerprint density at radius 2 is 2.14 bits per heavy atom. The third kappa shape index (κ3) is 4.44. The fraction of sp³-hybridized carbons (Fsp3) is 0.429. The van der Waals surface area contributed by atoms with E-state index in [1.807, 2.05) is 0 Å². The van der Waals surface area contributed by atoms with Gasteiger partial charge in [-0.3, -0.25) is 4.79 Å². The van der Waals surface area contributed by atoms with Crippen molar-refractivity contribution in [3.8, 4) is 0 Å². The van der Waals surface area contributed by atoms with Crippen molar-refractivity contribution in [3.63, 3.8) is 0 Å². The molecule has 0 atom stereocenters. The molecule has 1 heterocycles. The second-order valence-electron chi connectivity index (χ2n) is 4.52. The fourth-order valence-corrected chi connectivity index (χ4v) is 1.96. The van der Waals surface area contributed by atoms with Gasteiger partial charge < -0.3 is 25.0 Å². The molecule has 0 saturated carbocycles. The van der Waals surface area contributed by atoms with Crippen LogP contribution in [0.1, 0.15) is 0 Å². The molecule has 7 heteroatoms. The smallest absolute Gasteiger partial charge is 0.319 e. The van der Waals surface area contributed by atoms with E-state index in [1.165, 1.54) is 0 Å². The zero-order valence-corrected chi connectivity index (χ0v) is 11.9. The molecule has 1 fully saturated rings. The zero-order chi connectivity index (χ0) is 15.1. The van der Waals surface area contributed by atoms with Crippen molar-refractivity contribution >= 4 is 23.3 Å². The first-order valence-corrected chi connectivity index (χ1v) is 6.72. The molecule has 0 unspecified atom stereocenters. The van der Waals surface area contributed by atoms with Gasteiger partial charge in [-0.05, 0) is 24.3 Å². The summed E-state index contributed by atoms with van der Waals surface area (Å²) in [5.41, 5.74) is 1.46. The molecule has 0 aliphatic carbocycles. The van der Waals surface area contributed by atoms with Crippen molar-refractivity contribution in [2.45, 2.75) is 0 Å². The average Bonchev–Trinajstić information content (AvgIpc) is 2.49. The van der Waals surface area contributed by atoms with Gasteiger partial charge in [-0.1, -0.05) is 0 Å². The van der Waals surface area contributed by atoms with E-state index in [4.69, 9.17) is 9.47 Å². The van der Waals surface area contributed by atoms with Crippen LogP contribution in [0.3, 0.4) is 0 Å². The van der Waals surface area contributed by atoms with Gasteiger partial charge in [0.15, 0.2) is 0 Å². The Morgan fingerprint density at radius 1 is 1.38 bits per heavy atom. The average molecular weight is 293 g/mol. The van der Waals surface area contributed by atoms with E-state index in [-0.39, 0.29) is 18.5 Å². The Bertz CT molecular complexity index is 489.